The summed E-state index contributed by atoms with van der Waals surface area (Å²) >= 11 is 0. The van der Waals surface area contributed by atoms with Gasteiger partial charge in [-0.05, 0) is 80.3 Å². The molecule has 0 radical (unpaired) electrons. The number of piperidine rings is 1. The van der Waals surface area contributed by atoms with Crippen molar-refractivity contribution in [2.45, 2.75) is 63.9 Å². The molecule has 7 rings (SSSR count). The number of carbonyl (C=O) groups is 3. The van der Waals surface area contributed by atoms with E-state index in [0.717, 1.165) is 67.2 Å². The first-order valence-corrected chi connectivity index (χ1v) is 15.2. The van der Waals surface area contributed by atoms with Crippen LogP contribution in [0.15, 0.2) is 48.5 Å². The molecular formula is C33H37N5O5. The van der Waals surface area contributed by atoms with Crippen molar-refractivity contribution in [1.82, 2.24) is 20.1 Å². The van der Waals surface area contributed by atoms with Crippen LogP contribution >= 0.6 is 0 Å². The number of morpholine rings is 1. The highest BCUT2D eigenvalue weighted by Crippen LogP contribution is 2.32. The minimum Gasteiger partial charge on any atom is -0.489 e. The van der Waals surface area contributed by atoms with Crippen LogP contribution in [0.5, 0.6) is 5.75 Å². The minimum atomic E-state index is -0.616. The quantitative estimate of drug-likeness (QED) is 0.441. The fourth-order valence-electron chi connectivity index (χ4n) is 6.81. The van der Waals surface area contributed by atoms with E-state index in [0.29, 0.717) is 25.1 Å². The van der Waals surface area contributed by atoms with Crippen molar-refractivity contribution in [2.24, 2.45) is 0 Å². The topological polar surface area (TPSA) is 104 Å². The molecule has 224 valence electrons. The number of amides is 3. The number of aromatic nitrogens is 1. The third-order valence-electron chi connectivity index (χ3n) is 9.09. The van der Waals surface area contributed by atoms with Gasteiger partial charge in [0.1, 0.15) is 23.7 Å². The molecule has 5 heterocycles. The predicted molar refractivity (Wildman–Crippen MR) is 161 cm³/mol. The average Bonchev–Trinajstić information content (AvgIpc) is 3.55. The van der Waals surface area contributed by atoms with E-state index in [1.54, 1.807) is 11.0 Å². The lowest BCUT2D eigenvalue weighted by molar-refractivity contribution is -0.136. The fourth-order valence-corrected chi connectivity index (χ4v) is 6.81. The largest absolute Gasteiger partial charge is 0.489 e. The molecule has 4 aliphatic heterocycles. The monoisotopic (exact) mass is 583 g/mol. The summed E-state index contributed by atoms with van der Waals surface area (Å²) in [5.74, 6) is 0.873. The summed E-state index contributed by atoms with van der Waals surface area (Å²) in [7, 11) is 0. The number of nitrogens with zero attached hydrogens (tertiary/aromatic N) is 4. The summed E-state index contributed by atoms with van der Waals surface area (Å²) in [6, 6.07) is 15.8. The zero-order chi connectivity index (χ0) is 29.7. The summed E-state index contributed by atoms with van der Waals surface area (Å²) in [5, 5.41) is 3.49. The van der Waals surface area contributed by atoms with Gasteiger partial charge in [-0.1, -0.05) is 6.07 Å². The number of pyridine rings is 1. The molecule has 3 amide bonds. The molecule has 10 nitrogen and oxygen atoms in total. The van der Waals surface area contributed by atoms with Gasteiger partial charge in [-0.15, -0.1) is 0 Å². The van der Waals surface area contributed by atoms with Gasteiger partial charge in [0.2, 0.25) is 11.8 Å². The maximum atomic E-state index is 13.0. The molecule has 4 aliphatic rings. The van der Waals surface area contributed by atoms with Crippen molar-refractivity contribution in [3.05, 3.63) is 65.2 Å². The highest BCUT2D eigenvalue weighted by Gasteiger charge is 2.39. The maximum absolute atomic E-state index is 13.0. The van der Waals surface area contributed by atoms with Crippen molar-refractivity contribution in [2.75, 3.05) is 37.7 Å². The third-order valence-corrected chi connectivity index (χ3v) is 9.09. The Morgan fingerprint density at radius 3 is 2.77 bits per heavy atom. The summed E-state index contributed by atoms with van der Waals surface area (Å²) in [5.41, 5.74) is 3.61. The highest BCUT2D eigenvalue weighted by atomic mass is 16.5. The van der Waals surface area contributed by atoms with E-state index in [2.05, 4.69) is 59.3 Å². The van der Waals surface area contributed by atoms with Gasteiger partial charge >= 0.3 is 0 Å². The summed E-state index contributed by atoms with van der Waals surface area (Å²) in [6.45, 7) is 9.59. The van der Waals surface area contributed by atoms with E-state index >= 15 is 0 Å². The molecule has 1 aromatic heterocycles. The molecule has 0 aliphatic carbocycles. The van der Waals surface area contributed by atoms with Crippen LogP contribution in [-0.2, 0) is 27.4 Å². The van der Waals surface area contributed by atoms with Crippen LogP contribution in [0.4, 0.5) is 5.82 Å². The molecule has 3 fully saturated rings. The molecule has 3 aromatic rings. The van der Waals surface area contributed by atoms with Crippen LogP contribution in [0.1, 0.15) is 54.6 Å². The van der Waals surface area contributed by atoms with Gasteiger partial charge in [0.25, 0.3) is 5.91 Å². The third kappa shape index (κ3) is 5.45. The smallest absolute Gasteiger partial charge is 0.255 e. The normalized spacial score (nSPS) is 24.0. The van der Waals surface area contributed by atoms with Crippen LogP contribution in [-0.4, -0.2) is 83.0 Å². The molecule has 0 bridgehead atoms. The van der Waals surface area contributed by atoms with Crippen LogP contribution in [0, 0.1) is 0 Å². The van der Waals surface area contributed by atoms with Crippen molar-refractivity contribution in [1.29, 1.82) is 0 Å². The lowest BCUT2D eigenvalue weighted by Crippen LogP contribution is -2.53. The van der Waals surface area contributed by atoms with E-state index in [1.165, 1.54) is 5.56 Å². The second-order valence-corrected chi connectivity index (χ2v) is 12.7. The first kappa shape index (κ1) is 27.8. The number of nitrogens with one attached hydrogen (secondary N) is 1. The van der Waals surface area contributed by atoms with Gasteiger partial charge in [0.05, 0.1) is 24.3 Å². The zero-order valence-corrected chi connectivity index (χ0v) is 24.7. The van der Waals surface area contributed by atoms with E-state index in [4.69, 9.17) is 14.5 Å². The van der Waals surface area contributed by atoms with Gasteiger partial charge in [0.15, 0.2) is 0 Å². The number of anilines is 1. The standard InChI is InChI=1S/C33H37N5O5/c1-33(2)20-42-14-13-38(33)29-9-4-22-15-21(3-7-27(22)34-29)17-36-12-11-25(19-36)43-24-5-6-26-23(16-24)18-37(32(26)41)28-8-10-30(39)35-31(28)40/h3-7,9,15-16,25,28H,8,10-14,17-20H2,1-2H3,(H,35,39,40)/t25-,28?/m0/s1. The molecule has 3 saturated heterocycles. The number of carbonyl (C=O) groups excluding carboxylic acids is 3. The Kier molecular flexibility index (Phi) is 7.05. The van der Waals surface area contributed by atoms with E-state index in [9.17, 15) is 14.4 Å². The lowest BCUT2D eigenvalue weighted by Gasteiger charge is -2.43. The Morgan fingerprint density at radius 2 is 1.93 bits per heavy atom. The number of likely N-dealkylation sites (tertiary alicyclic amines) is 1. The van der Waals surface area contributed by atoms with Crippen LogP contribution in [0.3, 0.4) is 0 Å². The molecular weight excluding hydrogens is 546 g/mol. The Hall–Kier alpha value is -4.02. The van der Waals surface area contributed by atoms with Crippen LogP contribution in [0.25, 0.3) is 10.9 Å². The Balaban J connectivity index is 0.965. The highest BCUT2D eigenvalue weighted by molar-refractivity contribution is 6.05. The molecule has 43 heavy (non-hydrogen) atoms. The average molecular weight is 584 g/mol. The molecule has 0 spiro atoms. The van der Waals surface area contributed by atoms with E-state index < -0.39 is 11.9 Å². The number of ether oxygens (including phenoxy) is 2. The summed E-state index contributed by atoms with van der Waals surface area (Å²) < 4.78 is 12.0. The minimum absolute atomic E-state index is 0.0583. The van der Waals surface area contributed by atoms with Gasteiger partial charge in [-0.2, -0.15) is 0 Å². The SMILES string of the molecule is CC1(C)COCCN1c1ccc2cc(CN3CC[C@H](Oc4ccc5c(c4)CN(C4CCC(=O)NC4=O)C5=O)C3)ccc2n1. The zero-order valence-electron chi connectivity index (χ0n) is 24.7. The summed E-state index contributed by atoms with van der Waals surface area (Å²) in [6.07, 6.45) is 1.58. The van der Waals surface area contributed by atoms with Crippen molar-refractivity contribution in [3.63, 3.8) is 0 Å². The maximum Gasteiger partial charge on any atom is 0.255 e. The number of rotatable bonds is 6. The lowest BCUT2D eigenvalue weighted by atomic mass is 10.0. The molecule has 2 atom stereocenters. The van der Waals surface area contributed by atoms with Crippen molar-refractivity contribution >= 4 is 34.4 Å². The second-order valence-electron chi connectivity index (χ2n) is 12.7. The number of benzene rings is 2. The molecule has 1 N–H and O–H groups in total. The first-order chi connectivity index (χ1) is 20.7. The van der Waals surface area contributed by atoms with Crippen LogP contribution < -0.4 is 15.0 Å². The number of imide groups is 1. The first-order valence-electron chi connectivity index (χ1n) is 15.2. The Morgan fingerprint density at radius 1 is 1.05 bits per heavy atom. The fraction of sp³-hybridized carbons (Fsp3) is 0.455. The predicted octanol–water partition coefficient (Wildman–Crippen LogP) is 3.26. The number of hydrogen-bond acceptors (Lipinski definition) is 8. The van der Waals surface area contributed by atoms with Crippen LogP contribution in [0.2, 0.25) is 0 Å². The Labute approximate surface area is 250 Å². The van der Waals surface area contributed by atoms with E-state index in [-0.39, 0.29) is 29.9 Å². The van der Waals surface area contributed by atoms with Crippen molar-refractivity contribution < 1.29 is 23.9 Å². The van der Waals surface area contributed by atoms with Gasteiger partial charge in [0, 0.05) is 50.1 Å². The van der Waals surface area contributed by atoms with Gasteiger partial charge in [-0.3, -0.25) is 24.6 Å². The Bertz CT molecular complexity index is 1610. The molecule has 0 saturated carbocycles. The van der Waals surface area contributed by atoms with Crippen molar-refractivity contribution in [3.8, 4) is 5.75 Å². The summed E-state index contributed by atoms with van der Waals surface area (Å²) in [4.78, 5) is 48.2. The second kappa shape index (κ2) is 10.9. The number of hydrogen-bond donors (Lipinski definition) is 1. The number of fused-ring (bicyclic) bond motifs is 2. The van der Waals surface area contributed by atoms with Gasteiger partial charge in [-0.25, -0.2) is 4.98 Å². The molecule has 2 aromatic carbocycles. The van der Waals surface area contributed by atoms with Gasteiger partial charge < -0.3 is 19.3 Å². The molecule has 10 heteroatoms. The molecule has 1 unspecified atom stereocenters. The van der Waals surface area contributed by atoms with E-state index in [1.807, 2.05) is 12.1 Å².